The molecule has 3 N–H and O–H groups in total. The summed E-state index contributed by atoms with van der Waals surface area (Å²) in [6, 6.07) is 0. The van der Waals surface area contributed by atoms with Gasteiger partial charge in [-0.25, -0.2) is 9.13 Å². The number of ether oxygens (including phenoxy) is 4. The van der Waals surface area contributed by atoms with Gasteiger partial charge in [0.15, 0.2) is 12.2 Å². The summed E-state index contributed by atoms with van der Waals surface area (Å²) in [6.07, 6.45) is 62.3. The molecule has 0 amide bonds. The minimum absolute atomic E-state index is 0.108. The third-order valence-corrected chi connectivity index (χ3v) is 21.6. The normalized spacial score (nSPS) is 14.2. The molecule has 0 saturated carbocycles. The lowest BCUT2D eigenvalue weighted by atomic mass is 9.99. The molecule has 6 atom stereocenters. The molecule has 0 aromatic heterocycles. The second-order valence-corrected chi connectivity index (χ2v) is 34.0. The van der Waals surface area contributed by atoms with Crippen LogP contribution in [0.4, 0.5) is 0 Å². The Balaban J connectivity index is 5.24. The molecule has 17 nitrogen and oxygen atoms in total. The lowest BCUT2D eigenvalue weighted by Gasteiger charge is -2.21. The van der Waals surface area contributed by atoms with Crippen LogP contribution in [0.25, 0.3) is 0 Å². The Morgan fingerprint density at radius 3 is 0.745 bits per heavy atom. The molecule has 3 unspecified atom stereocenters. The topological polar surface area (TPSA) is 237 Å². The maximum absolute atomic E-state index is 13.1. The Morgan fingerprint density at radius 1 is 0.284 bits per heavy atom. The zero-order chi connectivity index (χ0) is 75.1. The van der Waals surface area contributed by atoms with Crippen LogP contribution in [0.1, 0.15) is 434 Å². The zero-order valence-electron chi connectivity index (χ0n) is 67.1. The Bertz CT molecular complexity index is 1980. The van der Waals surface area contributed by atoms with Crippen molar-refractivity contribution in [3.8, 4) is 0 Å². The Kier molecular flexibility index (Phi) is 71.8. The van der Waals surface area contributed by atoms with Crippen molar-refractivity contribution in [3.05, 3.63) is 0 Å². The summed E-state index contributed by atoms with van der Waals surface area (Å²) in [4.78, 5) is 73.1. The van der Waals surface area contributed by atoms with Gasteiger partial charge in [0.25, 0.3) is 0 Å². The van der Waals surface area contributed by atoms with Crippen molar-refractivity contribution in [2.45, 2.75) is 452 Å². The number of unbranched alkanes of at least 4 members (excludes halogenated alkanes) is 48. The van der Waals surface area contributed by atoms with Gasteiger partial charge in [-0.05, 0) is 43.4 Å². The summed E-state index contributed by atoms with van der Waals surface area (Å²) in [5, 5.41) is 10.7. The predicted octanol–water partition coefficient (Wildman–Crippen LogP) is 24.9. The average molecular weight is 1490 g/mol. The van der Waals surface area contributed by atoms with E-state index in [2.05, 4.69) is 48.5 Å². The fourth-order valence-electron chi connectivity index (χ4n) is 12.8. The van der Waals surface area contributed by atoms with E-state index in [-0.39, 0.29) is 25.7 Å². The minimum atomic E-state index is -4.96. The van der Waals surface area contributed by atoms with Crippen LogP contribution >= 0.6 is 15.6 Å². The minimum Gasteiger partial charge on any atom is -0.462 e. The van der Waals surface area contributed by atoms with E-state index in [4.69, 9.17) is 37.0 Å². The summed E-state index contributed by atoms with van der Waals surface area (Å²) >= 11 is 0. The third-order valence-electron chi connectivity index (χ3n) is 19.7. The fraction of sp³-hybridized carbons (Fsp3) is 0.952. The van der Waals surface area contributed by atoms with Crippen molar-refractivity contribution in [3.63, 3.8) is 0 Å². The van der Waals surface area contributed by atoms with E-state index in [0.29, 0.717) is 25.7 Å². The number of carbonyl (C=O) groups is 4. The van der Waals surface area contributed by atoms with E-state index in [0.717, 1.165) is 108 Å². The maximum atomic E-state index is 13.1. The van der Waals surface area contributed by atoms with Crippen LogP contribution < -0.4 is 0 Å². The van der Waals surface area contributed by atoms with Crippen molar-refractivity contribution in [2.24, 2.45) is 17.8 Å². The summed E-state index contributed by atoms with van der Waals surface area (Å²) in [5.74, 6) is 0.333. The molecule has 0 aromatic rings. The molecule has 0 radical (unpaired) electrons. The number of hydrogen-bond acceptors (Lipinski definition) is 15. The summed E-state index contributed by atoms with van der Waals surface area (Å²) in [7, 11) is -9.92. The van der Waals surface area contributed by atoms with E-state index < -0.39 is 97.5 Å². The number of esters is 4. The molecule has 0 spiro atoms. The molecule has 0 heterocycles. The zero-order valence-corrected chi connectivity index (χ0v) is 68.9. The molecule has 0 rings (SSSR count). The second-order valence-electron chi connectivity index (χ2n) is 31.1. The van der Waals surface area contributed by atoms with Crippen LogP contribution in [0.15, 0.2) is 0 Å². The molecule has 0 saturated heterocycles. The van der Waals surface area contributed by atoms with Crippen LogP contribution in [0.5, 0.6) is 0 Å². The third kappa shape index (κ3) is 74.9. The van der Waals surface area contributed by atoms with Crippen molar-refractivity contribution in [1.29, 1.82) is 0 Å². The molecular weight excluding hydrogens is 1330 g/mol. The molecule has 0 aliphatic carbocycles. The second kappa shape index (κ2) is 73.2. The van der Waals surface area contributed by atoms with Gasteiger partial charge in [-0.2, -0.15) is 0 Å². The fourth-order valence-corrected chi connectivity index (χ4v) is 14.4. The quantitative estimate of drug-likeness (QED) is 0.0222. The van der Waals surface area contributed by atoms with Crippen molar-refractivity contribution in [1.82, 2.24) is 0 Å². The first-order chi connectivity index (χ1) is 49.3. The van der Waals surface area contributed by atoms with Gasteiger partial charge in [-0.3, -0.25) is 37.3 Å². The maximum Gasteiger partial charge on any atom is 0.472 e. The molecule has 606 valence electrons. The summed E-state index contributed by atoms with van der Waals surface area (Å²) in [5.41, 5.74) is 0. The van der Waals surface area contributed by atoms with Gasteiger partial charge < -0.3 is 33.8 Å². The van der Waals surface area contributed by atoms with E-state index in [1.54, 1.807) is 0 Å². The molecule has 0 aromatic carbocycles. The van der Waals surface area contributed by atoms with Gasteiger partial charge in [0.2, 0.25) is 0 Å². The van der Waals surface area contributed by atoms with E-state index in [9.17, 15) is 43.2 Å². The van der Waals surface area contributed by atoms with Crippen molar-refractivity contribution < 1.29 is 80.2 Å². The molecule has 0 aliphatic heterocycles. The van der Waals surface area contributed by atoms with Gasteiger partial charge in [-0.1, -0.05) is 382 Å². The Labute approximate surface area is 626 Å². The number of rotatable bonds is 81. The molecule has 102 heavy (non-hydrogen) atoms. The number of phosphoric ester groups is 2. The van der Waals surface area contributed by atoms with Crippen molar-refractivity contribution >= 4 is 39.5 Å². The van der Waals surface area contributed by atoms with Crippen LogP contribution in [-0.4, -0.2) is 96.7 Å². The molecule has 0 bridgehead atoms. The number of aliphatic hydroxyl groups excluding tert-OH is 1. The monoisotopic (exact) mass is 1490 g/mol. The summed E-state index contributed by atoms with van der Waals surface area (Å²) in [6.45, 7) is 12.0. The average Bonchev–Trinajstić information content (AvgIpc) is 0.912. The Hall–Kier alpha value is -1.94. The van der Waals surface area contributed by atoms with Gasteiger partial charge >= 0.3 is 39.5 Å². The van der Waals surface area contributed by atoms with Gasteiger partial charge in [0.1, 0.15) is 19.3 Å². The standard InChI is InChI=1S/C83H162O17P2/c1-8-10-11-12-13-14-36-43-50-57-64-80(85)93-70-78(99-82(87)66-59-52-45-38-31-25-19-16-22-28-34-41-48-55-62-75(5)6)72-97-101(89,90)95-68-77(84)69-96-102(91,92)98-73-79(71-94-81(86)65-58-51-44-37-30-24-18-15-21-27-33-40-47-54-61-74(3)4)100-83(88)67-60-53-46-39-32-26-20-17-23-29-35-42-49-56-63-76(7)9-2/h74-79,84H,8-73H2,1-7H3,(H,89,90)(H,91,92)/t76?,77-,78+,79+/m0/s1. The first kappa shape index (κ1) is 100. The predicted molar refractivity (Wildman–Crippen MR) is 418 cm³/mol. The van der Waals surface area contributed by atoms with Gasteiger partial charge in [0.05, 0.1) is 26.4 Å². The Morgan fingerprint density at radius 2 is 0.500 bits per heavy atom. The van der Waals surface area contributed by atoms with Crippen LogP contribution in [0.2, 0.25) is 0 Å². The number of phosphoric acid groups is 2. The molecule has 0 fully saturated rings. The number of aliphatic hydroxyl groups is 1. The van der Waals surface area contributed by atoms with Crippen molar-refractivity contribution in [2.75, 3.05) is 39.6 Å². The van der Waals surface area contributed by atoms with Crippen LogP contribution in [0.3, 0.4) is 0 Å². The lowest BCUT2D eigenvalue weighted by Crippen LogP contribution is -2.30. The smallest absolute Gasteiger partial charge is 0.462 e. The number of carbonyl (C=O) groups excluding carboxylic acids is 4. The lowest BCUT2D eigenvalue weighted by molar-refractivity contribution is -0.161. The highest BCUT2D eigenvalue weighted by atomic mass is 31.2. The van der Waals surface area contributed by atoms with Gasteiger partial charge in [0, 0.05) is 25.7 Å². The SMILES string of the molecule is CCCCCCCCCCCCC(=O)OC[C@H](COP(=O)(O)OC[C@H](O)COP(=O)(O)OC[C@@H](COC(=O)CCCCCCCCCCCCCCCCC(C)C)OC(=O)CCCCCCCCCCCCCCCCC(C)CC)OC(=O)CCCCCCCCCCCCCCCCC(C)C. The number of hydrogen-bond donors (Lipinski definition) is 3. The first-order valence-electron chi connectivity index (χ1n) is 42.9. The highest BCUT2D eigenvalue weighted by Gasteiger charge is 2.30. The van der Waals surface area contributed by atoms with Crippen LogP contribution in [-0.2, 0) is 65.4 Å². The van der Waals surface area contributed by atoms with E-state index in [1.807, 2.05) is 0 Å². The molecular formula is C83H162O17P2. The highest BCUT2D eigenvalue weighted by Crippen LogP contribution is 2.45. The molecule has 0 aliphatic rings. The van der Waals surface area contributed by atoms with Gasteiger partial charge in [-0.15, -0.1) is 0 Å². The van der Waals surface area contributed by atoms with Crippen LogP contribution in [0, 0.1) is 17.8 Å². The highest BCUT2D eigenvalue weighted by molar-refractivity contribution is 7.47. The summed E-state index contributed by atoms with van der Waals surface area (Å²) < 4.78 is 68.8. The van der Waals surface area contributed by atoms with E-state index in [1.165, 1.54) is 244 Å². The first-order valence-corrected chi connectivity index (χ1v) is 45.9. The largest absolute Gasteiger partial charge is 0.472 e. The van der Waals surface area contributed by atoms with E-state index >= 15 is 0 Å². The molecule has 19 heteroatoms.